The van der Waals surface area contributed by atoms with Crippen LogP contribution >= 0.6 is 0 Å². The van der Waals surface area contributed by atoms with Gasteiger partial charge >= 0.3 is 5.97 Å². The standard InChI is InChI=1S/C16H23N3O2/c1-2-4-12-9-11(16(20)21)10-15(17-12)18-13-6-8-19-7-3-5-14(13)19/h9-10,13-14H,2-8H2,1H3,(H,17,18)(H,20,21). The molecule has 0 spiro atoms. The molecular weight excluding hydrogens is 266 g/mol. The number of anilines is 1. The maximum absolute atomic E-state index is 11.3. The van der Waals surface area contributed by atoms with Gasteiger partial charge in [0, 0.05) is 24.3 Å². The Hall–Kier alpha value is -1.62. The molecule has 1 aromatic heterocycles. The van der Waals surface area contributed by atoms with Crippen LogP contribution in [0.1, 0.15) is 48.7 Å². The van der Waals surface area contributed by atoms with Gasteiger partial charge in [0.25, 0.3) is 0 Å². The fraction of sp³-hybridized carbons (Fsp3) is 0.625. The van der Waals surface area contributed by atoms with Crippen LogP contribution in [0.3, 0.4) is 0 Å². The third-order valence-electron chi connectivity index (χ3n) is 4.57. The van der Waals surface area contributed by atoms with Gasteiger partial charge in [0.2, 0.25) is 0 Å². The van der Waals surface area contributed by atoms with E-state index in [0.717, 1.165) is 37.3 Å². The van der Waals surface area contributed by atoms with Crippen LogP contribution in [0.15, 0.2) is 12.1 Å². The van der Waals surface area contributed by atoms with Gasteiger partial charge in [-0.15, -0.1) is 0 Å². The highest BCUT2D eigenvalue weighted by atomic mass is 16.4. The van der Waals surface area contributed by atoms with E-state index < -0.39 is 5.97 Å². The summed E-state index contributed by atoms with van der Waals surface area (Å²) in [6.07, 6.45) is 5.41. The number of carbonyl (C=O) groups is 1. The minimum Gasteiger partial charge on any atom is -0.478 e. The van der Waals surface area contributed by atoms with Crippen molar-refractivity contribution in [2.75, 3.05) is 18.4 Å². The van der Waals surface area contributed by atoms with E-state index >= 15 is 0 Å². The van der Waals surface area contributed by atoms with Gasteiger partial charge in [-0.3, -0.25) is 4.90 Å². The number of carboxylic acid groups (broad SMARTS) is 1. The maximum atomic E-state index is 11.3. The first-order chi connectivity index (χ1) is 10.2. The molecule has 2 atom stereocenters. The van der Waals surface area contributed by atoms with E-state index in [1.807, 2.05) is 0 Å². The molecule has 5 nitrogen and oxygen atoms in total. The second kappa shape index (κ2) is 6.02. The molecule has 0 saturated carbocycles. The largest absolute Gasteiger partial charge is 0.478 e. The van der Waals surface area contributed by atoms with Gasteiger partial charge in [0.05, 0.1) is 5.56 Å². The Bertz CT molecular complexity index is 532. The Labute approximate surface area is 125 Å². The molecule has 0 bridgehead atoms. The Morgan fingerprint density at radius 1 is 1.43 bits per heavy atom. The number of fused-ring (bicyclic) bond motifs is 1. The first-order valence-corrected chi connectivity index (χ1v) is 7.92. The lowest BCUT2D eigenvalue weighted by molar-refractivity contribution is 0.0696. The molecule has 21 heavy (non-hydrogen) atoms. The third kappa shape index (κ3) is 3.02. The molecule has 0 radical (unpaired) electrons. The SMILES string of the molecule is CCCc1cc(C(=O)O)cc(NC2CCN3CCCC23)n1. The predicted molar refractivity (Wildman–Crippen MR) is 81.8 cm³/mol. The van der Waals surface area contributed by atoms with Crippen LogP contribution in [0.5, 0.6) is 0 Å². The molecule has 0 amide bonds. The molecule has 2 fully saturated rings. The molecule has 5 heteroatoms. The Morgan fingerprint density at radius 2 is 2.29 bits per heavy atom. The molecule has 3 rings (SSSR count). The van der Waals surface area contributed by atoms with Crippen molar-refractivity contribution < 1.29 is 9.90 Å². The zero-order chi connectivity index (χ0) is 14.8. The quantitative estimate of drug-likeness (QED) is 0.871. The van der Waals surface area contributed by atoms with E-state index in [-0.39, 0.29) is 0 Å². The maximum Gasteiger partial charge on any atom is 0.335 e. The number of aromatic carboxylic acids is 1. The first kappa shape index (κ1) is 14.3. The fourth-order valence-corrected chi connectivity index (χ4v) is 3.61. The second-order valence-electron chi connectivity index (χ2n) is 6.07. The van der Waals surface area contributed by atoms with Crippen molar-refractivity contribution in [2.24, 2.45) is 0 Å². The summed E-state index contributed by atoms with van der Waals surface area (Å²) in [7, 11) is 0. The minimum absolute atomic E-state index is 0.331. The molecule has 0 aromatic carbocycles. The van der Waals surface area contributed by atoms with Crippen molar-refractivity contribution in [3.8, 4) is 0 Å². The van der Waals surface area contributed by atoms with Gasteiger partial charge in [-0.05, 0) is 44.4 Å². The Kier molecular flexibility index (Phi) is 4.10. The number of rotatable bonds is 5. The van der Waals surface area contributed by atoms with E-state index in [1.165, 1.54) is 19.4 Å². The number of pyridine rings is 1. The molecule has 2 saturated heterocycles. The van der Waals surface area contributed by atoms with E-state index in [9.17, 15) is 9.90 Å². The third-order valence-corrected chi connectivity index (χ3v) is 4.57. The van der Waals surface area contributed by atoms with Crippen molar-refractivity contribution in [2.45, 2.75) is 51.1 Å². The molecule has 114 valence electrons. The number of hydrogen-bond donors (Lipinski definition) is 2. The van der Waals surface area contributed by atoms with Gasteiger partial charge in [0.15, 0.2) is 0 Å². The van der Waals surface area contributed by atoms with Crippen molar-refractivity contribution in [3.05, 3.63) is 23.4 Å². The number of aryl methyl sites for hydroxylation is 1. The second-order valence-corrected chi connectivity index (χ2v) is 6.07. The van der Waals surface area contributed by atoms with Gasteiger partial charge in [-0.2, -0.15) is 0 Å². The number of hydrogen-bond acceptors (Lipinski definition) is 4. The Balaban J connectivity index is 1.79. The summed E-state index contributed by atoms with van der Waals surface area (Å²) in [5.41, 5.74) is 1.19. The number of carboxylic acids is 1. The normalized spacial score (nSPS) is 25.0. The van der Waals surface area contributed by atoms with E-state index in [4.69, 9.17) is 0 Å². The molecule has 2 aliphatic heterocycles. The predicted octanol–water partition coefficient (Wildman–Crippen LogP) is 2.38. The molecule has 3 heterocycles. The zero-order valence-electron chi connectivity index (χ0n) is 12.5. The molecule has 2 N–H and O–H groups in total. The molecule has 2 unspecified atom stereocenters. The highest BCUT2D eigenvalue weighted by Gasteiger charge is 2.37. The summed E-state index contributed by atoms with van der Waals surface area (Å²) in [6, 6.07) is 4.35. The van der Waals surface area contributed by atoms with Crippen LogP contribution in [-0.2, 0) is 6.42 Å². The summed E-state index contributed by atoms with van der Waals surface area (Å²) in [4.78, 5) is 18.4. The smallest absolute Gasteiger partial charge is 0.335 e. The van der Waals surface area contributed by atoms with Crippen LogP contribution in [0.25, 0.3) is 0 Å². The summed E-state index contributed by atoms with van der Waals surface area (Å²) < 4.78 is 0. The molecular formula is C16H23N3O2. The Morgan fingerprint density at radius 3 is 3.05 bits per heavy atom. The molecule has 2 aliphatic rings. The lowest BCUT2D eigenvalue weighted by atomic mass is 10.1. The highest BCUT2D eigenvalue weighted by molar-refractivity contribution is 5.88. The van der Waals surface area contributed by atoms with E-state index in [1.54, 1.807) is 12.1 Å². The van der Waals surface area contributed by atoms with E-state index in [0.29, 0.717) is 17.6 Å². The van der Waals surface area contributed by atoms with Crippen LogP contribution in [-0.4, -0.2) is 46.1 Å². The van der Waals surface area contributed by atoms with Crippen LogP contribution in [0.4, 0.5) is 5.82 Å². The lowest BCUT2D eigenvalue weighted by Gasteiger charge is -2.22. The van der Waals surface area contributed by atoms with Crippen molar-refractivity contribution in [3.63, 3.8) is 0 Å². The van der Waals surface area contributed by atoms with Crippen LogP contribution < -0.4 is 5.32 Å². The first-order valence-electron chi connectivity index (χ1n) is 7.92. The van der Waals surface area contributed by atoms with Crippen LogP contribution in [0.2, 0.25) is 0 Å². The highest BCUT2D eigenvalue weighted by Crippen LogP contribution is 2.30. The summed E-state index contributed by atoms with van der Waals surface area (Å²) >= 11 is 0. The topological polar surface area (TPSA) is 65.5 Å². The number of nitrogens with one attached hydrogen (secondary N) is 1. The van der Waals surface area contributed by atoms with E-state index in [2.05, 4.69) is 22.1 Å². The van der Waals surface area contributed by atoms with Crippen molar-refractivity contribution in [1.82, 2.24) is 9.88 Å². The summed E-state index contributed by atoms with van der Waals surface area (Å²) in [5, 5.41) is 12.7. The van der Waals surface area contributed by atoms with Gasteiger partial charge in [-0.1, -0.05) is 13.3 Å². The summed E-state index contributed by atoms with van der Waals surface area (Å²) in [6.45, 7) is 4.42. The summed E-state index contributed by atoms with van der Waals surface area (Å²) in [5.74, 6) is -0.163. The van der Waals surface area contributed by atoms with Crippen LogP contribution in [0, 0.1) is 0 Å². The number of nitrogens with zero attached hydrogens (tertiary/aromatic N) is 2. The van der Waals surface area contributed by atoms with Gasteiger partial charge in [-0.25, -0.2) is 9.78 Å². The van der Waals surface area contributed by atoms with Crippen molar-refractivity contribution >= 4 is 11.8 Å². The molecule has 1 aromatic rings. The monoisotopic (exact) mass is 289 g/mol. The average molecular weight is 289 g/mol. The fourth-order valence-electron chi connectivity index (χ4n) is 3.61. The zero-order valence-corrected chi connectivity index (χ0v) is 12.5. The van der Waals surface area contributed by atoms with Gasteiger partial charge in [0.1, 0.15) is 5.82 Å². The molecule has 0 aliphatic carbocycles. The van der Waals surface area contributed by atoms with Crippen molar-refractivity contribution in [1.29, 1.82) is 0 Å². The lowest BCUT2D eigenvalue weighted by Crippen LogP contribution is -2.34. The minimum atomic E-state index is -0.883. The number of aromatic nitrogens is 1. The average Bonchev–Trinajstić information content (AvgIpc) is 3.04. The van der Waals surface area contributed by atoms with Gasteiger partial charge < -0.3 is 10.4 Å².